The third kappa shape index (κ3) is 3.61. The highest BCUT2D eigenvalue weighted by molar-refractivity contribution is 7.90. The van der Waals surface area contributed by atoms with Gasteiger partial charge in [-0.3, -0.25) is 0 Å². The largest absolute Gasteiger partial charge is 0.396 e. The molecule has 0 fully saturated rings. The van der Waals surface area contributed by atoms with Crippen LogP contribution in [-0.4, -0.2) is 26.4 Å². The fourth-order valence-corrected chi connectivity index (χ4v) is 2.19. The van der Waals surface area contributed by atoms with Crippen molar-refractivity contribution in [2.24, 2.45) is 5.41 Å². The summed E-state index contributed by atoms with van der Waals surface area (Å²) in [5.74, 6) is 0. The Morgan fingerprint density at radius 2 is 1.94 bits per heavy atom. The van der Waals surface area contributed by atoms with Crippen molar-refractivity contribution in [1.29, 1.82) is 0 Å². The average Bonchev–Trinajstić information content (AvgIpc) is 2.16. The quantitative estimate of drug-likeness (QED) is 0.873. The van der Waals surface area contributed by atoms with Crippen LogP contribution in [0.2, 0.25) is 0 Å². The first-order valence-electron chi connectivity index (χ1n) is 5.14. The average molecular weight is 242 g/mol. The summed E-state index contributed by atoms with van der Waals surface area (Å²) < 4.78 is 22.7. The minimum atomic E-state index is -3.15. The Morgan fingerprint density at radius 1 is 1.31 bits per heavy atom. The van der Waals surface area contributed by atoms with Crippen LogP contribution in [0.4, 0.5) is 0 Å². The Labute approximate surface area is 97.0 Å². The summed E-state index contributed by atoms with van der Waals surface area (Å²) in [6.45, 7) is 3.97. The molecule has 0 heterocycles. The predicted octanol–water partition coefficient (Wildman–Crippen LogP) is 1.65. The van der Waals surface area contributed by atoms with Crippen molar-refractivity contribution in [1.82, 2.24) is 0 Å². The minimum Gasteiger partial charge on any atom is -0.396 e. The monoisotopic (exact) mass is 242 g/mol. The van der Waals surface area contributed by atoms with Crippen molar-refractivity contribution >= 4 is 9.84 Å². The van der Waals surface area contributed by atoms with Crippen molar-refractivity contribution < 1.29 is 13.5 Å². The lowest BCUT2D eigenvalue weighted by Crippen LogP contribution is -2.19. The van der Waals surface area contributed by atoms with Crippen LogP contribution in [0.1, 0.15) is 19.4 Å². The highest BCUT2D eigenvalue weighted by Crippen LogP contribution is 2.22. The molecular formula is C12H18O3S. The normalized spacial score (nSPS) is 12.8. The van der Waals surface area contributed by atoms with E-state index in [1.807, 2.05) is 19.9 Å². The number of benzene rings is 1. The fraction of sp³-hybridized carbons (Fsp3) is 0.500. The molecule has 0 unspecified atom stereocenters. The summed E-state index contributed by atoms with van der Waals surface area (Å²) in [7, 11) is -3.15. The van der Waals surface area contributed by atoms with Crippen LogP contribution < -0.4 is 0 Å². The van der Waals surface area contributed by atoms with Crippen LogP contribution >= 0.6 is 0 Å². The predicted molar refractivity (Wildman–Crippen MR) is 64.1 cm³/mol. The molecule has 0 radical (unpaired) electrons. The van der Waals surface area contributed by atoms with Gasteiger partial charge in [0.15, 0.2) is 9.84 Å². The topological polar surface area (TPSA) is 54.4 Å². The second-order valence-corrected chi connectivity index (χ2v) is 6.93. The third-order valence-corrected chi connectivity index (χ3v) is 3.55. The van der Waals surface area contributed by atoms with E-state index in [2.05, 4.69) is 0 Å². The molecule has 1 aromatic rings. The molecule has 16 heavy (non-hydrogen) atoms. The summed E-state index contributed by atoms with van der Waals surface area (Å²) in [6, 6.07) is 6.88. The smallest absolute Gasteiger partial charge is 0.175 e. The van der Waals surface area contributed by atoms with Gasteiger partial charge in [-0.25, -0.2) is 8.42 Å². The molecule has 3 nitrogen and oxygen atoms in total. The molecule has 1 aromatic carbocycles. The first-order chi connectivity index (χ1) is 7.24. The summed E-state index contributed by atoms with van der Waals surface area (Å²) in [4.78, 5) is 0.332. The molecule has 0 aliphatic heterocycles. The first kappa shape index (κ1) is 13.2. The SMILES string of the molecule is CC(C)(CO)Cc1cccc(S(C)(=O)=O)c1. The van der Waals surface area contributed by atoms with E-state index in [-0.39, 0.29) is 12.0 Å². The number of rotatable bonds is 4. The van der Waals surface area contributed by atoms with Crippen molar-refractivity contribution in [2.75, 3.05) is 12.9 Å². The Hall–Kier alpha value is -0.870. The number of sulfone groups is 1. The van der Waals surface area contributed by atoms with Gasteiger partial charge in [0.2, 0.25) is 0 Å². The van der Waals surface area contributed by atoms with E-state index >= 15 is 0 Å². The summed E-state index contributed by atoms with van der Waals surface area (Å²) in [5.41, 5.74) is 0.706. The van der Waals surface area contributed by atoms with E-state index in [9.17, 15) is 8.42 Å². The Balaban J connectivity index is 3.01. The zero-order chi connectivity index (χ0) is 12.4. The van der Waals surface area contributed by atoms with E-state index in [1.165, 1.54) is 6.26 Å². The molecule has 0 saturated heterocycles. The maximum Gasteiger partial charge on any atom is 0.175 e. The van der Waals surface area contributed by atoms with Crippen LogP contribution in [0.3, 0.4) is 0 Å². The molecule has 0 aliphatic rings. The van der Waals surface area contributed by atoms with Crippen LogP contribution in [0, 0.1) is 5.41 Å². The molecular weight excluding hydrogens is 224 g/mol. The van der Waals surface area contributed by atoms with Crippen molar-refractivity contribution in [3.8, 4) is 0 Å². The third-order valence-electron chi connectivity index (χ3n) is 2.44. The summed E-state index contributed by atoms with van der Waals surface area (Å²) >= 11 is 0. The number of aliphatic hydroxyl groups is 1. The number of hydrogen-bond donors (Lipinski definition) is 1. The van der Waals surface area contributed by atoms with Crippen LogP contribution in [0.15, 0.2) is 29.2 Å². The Bertz CT molecular complexity index is 461. The van der Waals surface area contributed by atoms with Crippen molar-refractivity contribution in [3.63, 3.8) is 0 Å². The van der Waals surface area contributed by atoms with E-state index in [0.29, 0.717) is 11.3 Å². The molecule has 0 aliphatic carbocycles. The van der Waals surface area contributed by atoms with Gasteiger partial charge in [-0.2, -0.15) is 0 Å². The Morgan fingerprint density at radius 3 is 2.44 bits per heavy atom. The Kier molecular flexibility index (Phi) is 3.76. The second-order valence-electron chi connectivity index (χ2n) is 4.92. The zero-order valence-corrected chi connectivity index (χ0v) is 10.7. The first-order valence-corrected chi connectivity index (χ1v) is 7.04. The number of aliphatic hydroxyl groups excluding tert-OH is 1. The van der Waals surface area contributed by atoms with E-state index in [4.69, 9.17) is 5.11 Å². The van der Waals surface area contributed by atoms with Gasteiger partial charge in [-0.1, -0.05) is 26.0 Å². The fourth-order valence-electron chi connectivity index (χ4n) is 1.49. The molecule has 0 aromatic heterocycles. The second kappa shape index (κ2) is 4.55. The molecule has 4 heteroatoms. The molecule has 0 saturated carbocycles. The standard InChI is InChI=1S/C12H18O3S/c1-12(2,9-13)8-10-5-4-6-11(7-10)16(3,14)15/h4-7,13H,8-9H2,1-3H3. The van der Waals surface area contributed by atoms with Gasteiger partial charge in [-0.15, -0.1) is 0 Å². The van der Waals surface area contributed by atoms with E-state index in [1.54, 1.807) is 18.2 Å². The van der Waals surface area contributed by atoms with Gasteiger partial charge >= 0.3 is 0 Å². The van der Waals surface area contributed by atoms with Gasteiger partial charge in [0.05, 0.1) is 4.90 Å². The molecule has 0 amide bonds. The molecule has 1 rings (SSSR count). The molecule has 0 bridgehead atoms. The molecule has 1 N–H and O–H groups in total. The maximum absolute atomic E-state index is 11.4. The summed E-state index contributed by atoms with van der Waals surface area (Å²) in [6.07, 6.45) is 1.86. The van der Waals surface area contributed by atoms with Gasteiger partial charge in [0, 0.05) is 12.9 Å². The zero-order valence-electron chi connectivity index (χ0n) is 9.90. The maximum atomic E-state index is 11.4. The van der Waals surface area contributed by atoms with Crippen molar-refractivity contribution in [3.05, 3.63) is 29.8 Å². The van der Waals surface area contributed by atoms with Crippen LogP contribution in [0.25, 0.3) is 0 Å². The number of hydrogen-bond acceptors (Lipinski definition) is 3. The lowest BCUT2D eigenvalue weighted by molar-refractivity contribution is 0.159. The van der Waals surface area contributed by atoms with Gasteiger partial charge in [-0.05, 0) is 29.5 Å². The van der Waals surface area contributed by atoms with Crippen molar-refractivity contribution in [2.45, 2.75) is 25.2 Å². The molecule has 0 spiro atoms. The van der Waals surface area contributed by atoms with Gasteiger partial charge in [0.1, 0.15) is 0 Å². The van der Waals surface area contributed by atoms with Crippen LogP contribution in [-0.2, 0) is 16.3 Å². The summed E-state index contributed by atoms with van der Waals surface area (Å²) in [5, 5.41) is 9.17. The van der Waals surface area contributed by atoms with E-state index < -0.39 is 9.84 Å². The molecule has 0 atom stereocenters. The van der Waals surface area contributed by atoms with Gasteiger partial charge in [0.25, 0.3) is 0 Å². The highest BCUT2D eigenvalue weighted by atomic mass is 32.2. The van der Waals surface area contributed by atoms with Crippen LogP contribution in [0.5, 0.6) is 0 Å². The minimum absolute atomic E-state index is 0.0795. The van der Waals surface area contributed by atoms with Gasteiger partial charge < -0.3 is 5.11 Å². The van der Waals surface area contributed by atoms with E-state index in [0.717, 1.165) is 5.56 Å². The lowest BCUT2D eigenvalue weighted by atomic mass is 9.87. The highest BCUT2D eigenvalue weighted by Gasteiger charge is 2.18. The molecule has 90 valence electrons. The lowest BCUT2D eigenvalue weighted by Gasteiger charge is -2.21.